The number of nitrogens with two attached hydrogens (primary N) is 1. The van der Waals surface area contributed by atoms with Crippen LogP contribution in [0.25, 0.3) is 0 Å². The van der Waals surface area contributed by atoms with Gasteiger partial charge in [0.05, 0.1) is 11.3 Å². The van der Waals surface area contributed by atoms with Crippen LogP contribution >= 0.6 is 0 Å². The molecule has 3 N–H and O–H groups in total. The van der Waals surface area contributed by atoms with Gasteiger partial charge in [0.2, 0.25) is 0 Å². The van der Waals surface area contributed by atoms with E-state index in [-0.39, 0.29) is 0 Å². The summed E-state index contributed by atoms with van der Waals surface area (Å²) in [6, 6.07) is 4.59. The number of hydrogen-bond acceptors (Lipinski definition) is 5. The van der Waals surface area contributed by atoms with Gasteiger partial charge in [-0.2, -0.15) is 5.26 Å². The molecule has 0 radical (unpaired) electrons. The van der Waals surface area contributed by atoms with Gasteiger partial charge in [-0.3, -0.25) is 0 Å². The zero-order valence-electron chi connectivity index (χ0n) is 10.8. The van der Waals surface area contributed by atoms with Gasteiger partial charge in [0, 0.05) is 18.3 Å². The molecule has 96 valence electrons. The number of pyridine rings is 1. The fourth-order valence-corrected chi connectivity index (χ4v) is 2.42. The SMILES string of the molecule is CC1CCCC(C)N1Nc1nccc(C#N)c1N. The Hall–Kier alpha value is -1.80. The Morgan fingerprint density at radius 3 is 2.72 bits per heavy atom. The van der Waals surface area contributed by atoms with E-state index in [1.165, 1.54) is 6.42 Å². The van der Waals surface area contributed by atoms with Crippen molar-refractivity contribution in [3.63, 3.8) is 0 Å². The molecule has 0 aliphatic carbocycles. The maximum atomic E-state index is 8.95. The highest BCUT2D eigenvalue weighted by Crippen LogP contribution is 2.26. The van der Waals surface area contributed by atoms with E-state index in [0.29, 0.717) is 29.2 Å². The third-order valence-corrected chi connectivity index (χ3v) is 3.54. The number of nitrogen functional groups attached to an aromatic ring is 1. The molecule has 5 nitrogen and oxygen atoms in total. The third kappa shape index (κ3) is 2.39. The molecular weight excluding hydrogens is 226 g/mol. The molecule has 1 aromatic heterocycles. The molecule has 0 spiro atoms. The highest BCUT2D eigenvalue weighted by atomic mass is 15.5. The van der Waals surface area contributed by atoms with E-state index < -0.39 is 0 Å². The molecule has 0 aromatic carbocycles. The molecular formula is C13H19N5. The quantitative estimate of drug-likeness (QED) is 0.834. The van der Waals surface area contributed by atoms with Crippen LogP contribution in [0.4, 0.5) is 11.5 Å². The van der Waals surface area contributed by atoms with Gasteiger partial charge < -0.3 is 11.2 Å². The summed E-state index contributed by atoms with van der Waals surface area (Å²) in [5.41, 5.74) is 10.1. The van der Waals surface area contributed by atoms with Crippen LogP contribution in [0.1, 0.15) is 38.7 Å². The number of nitrogens with one attached hydrogen (secondary N) is 1. The predicted molar refractivity (Wildman–Crippen MR) is 71.6 cm³/mol. The average Bonchev–Trinajstić information content (AvgIpc) is 2.36. The third-order valence-electron chi connectivity index (χ3n) is 3.54. The van der Waals surface area contributed by atoms with Crippen molar-refractivity contribution in [1.29, 1.82) is 5.26 Å². The van der Waals surface area contributed by atoms with Gasteiger partial charge in [-0.05, 0) is 32.8 Å². The molecule has 1 aromatic rings. The normalized spacial score (nSPS) is 24.5. The van der Waals surface area contributed by atoms with Gasteiger partial charge in [0.1, 0.15) is 6.07 Å². The summed E-state index contributed by atoms with van der Waals surface area (Å²) >= 11 is 0. The lowest BCUT2D eigenvalue weighted by Gasteiger charge is -2.39. The first kappa shape index (κ1) is 12.7. The van der Waals surface area contributed by atoms with Crippen LogP contribution in [0.15, 0.2) is 12.3 Å². The Kier molecular flexibility index (Phi) is 3.68. The van der Waals surface area contributed by atoms with Gasteiger partial charge in [-0.15, -0.1) is 0 Å². The van der Waals surface area contributed by atoms with Crippen LogP contribution < -0.4 is 11.2 Å². The van der Waals surface area contributed by atoms with Crippen molar-refractivity contribution >= 4 is 11.5 Å². The molecule has 2 unspecified atom stereocenters. The number of rotatable bonds is 2. The summed E-state index contributed by atoms with van der Waals surface area (Å²) in [6.07, 6.45) is 5.18. The van der Waals surface area contributed by atoms with E-state index >= 15 is 0 Å². The number of anilines is 2. The minimum Gasteiger partial charge on any atom is -0.395 e. The maximum Gasteiger partial charge on any atom is 0.165 e. The van der Waals surface area contributed by atoms with Gasteiger partial charge in [-0.25, -0.2) is 9.99 Å². The molecule has 0 bridgehead atoms. The largest absolute Gasteiger partial charge is 0.395 e. The molecule has 0 amide bonds. The fraction of sp³-hybridized carbons (Fsp3) is 0.538. The van der Waals surface area contributed by atoms with Crippen molar-refractivity contribution in [2.75, 3.05) is 11.2 Å². The molecule has 18 heavy (non-hydrogen) atoms. The zero-order chi connectivity index (χ0) is 13.1. The van der Waals surface area contributed by atoms with Gasteiger partial charge in [0.25, 0.3) is 0 Å². The molecule has 1 aliphatic rings. The Bertz CT molecular complexity index is 455. The molecule has 2 atom stereocenters. The van der Waals surface area contributed by atoms with Crippen molar-refractivity contribution in [3.05, 3.63) is 17.8 Å². The lowest BCUT2D eigenvalue weighted by Crippen LogP contribution is -2.47. The number of nitriles is 1. The van der Waals surface area contributed by atoms with Crippen LogP contribution in [0, 0.1) is 11.3 Å². The summed E-state index contributed by atoms with van der Waals surface area (Å²) in [5.74, 6) is 0.578. The summed E-state index contributed by atoms with van der Waals surface area (Å²) in [7, 11) is 0. The summed E-state index contributed by atoms with van der Waals surface area (Å²) < 4.78 is 0. The maximum absolute atomic E-state index is 8.95. The summed E-state index contributed by atoms with van der Waals surface area (Å²) in [6.45, 7) is 4.37. The monoisotopic (exact) mass is 245 g/mol. The van der Waals surface area contributed by atoms with Crippen molar-refractivity contribution in [1.82, 2.24) is 9.99 Å². The van der Waals surface area contributed by atoms with Crippen molar-refractivity contribution in [3.8, 4) is 6.07 Å². The number of hydrazine groups is 1. The van der Waals surface area contributed by atoms with E-state index in [1.54, 1.807) is 12.3 Å². The molecule has 1 saturated heterocycles. The number of hydrogen-bond donors (Lipinski definition) is 2. The standard InChI is InChI=1S/C13H19N5/c1-9-4-3-5-10(2)18(9)17-13-12(15)11(8-14)6-7-16-13/h6-7,9-10H,3-5,15H2,1-2H3,(H,16,17). The lowest BCUT2D eigenvalue weighted by molar-refractivity contribution is 0.135. The Morgan fingerprint density at radius 1 is 1.44 bits per heavy atom. The highest BCUT2D eigenvalue weighted by Gasteiger charge is 2.25. The van der Waals surface area contributed by atoms with Crippen LogP contribution in [-0.4, -0.2) is 22.1 Å². The summed E-state index contributed by atoms with van der Waals surface area (Å²) in [5, 5.41) is 11.1. The van der Waals surface area contributed by atoms with Crippen LogP contribution in [-0.2, 0) is 0 Å². The fourth-order valence-electron chi connectivity index (χ4n) is 2.42. The molecule has 2 heterocycles. The van der Waals surface area contributed by atoms with Crippen LogP contribution in [0.2, 0.25) is 0 Å². The minimum absolute atomic E-state index is 0.421. The predicted octanol–water partition coefficient (Wildman–Crippen LogP) is 2.13. The van der Waals surface area contributed by atoms with Gasteiger partial charge >= 0.3 is 0 Å². The van der Waals surface area contributed by atoms with Crippen molar-refractivity contribution in [2.24, 2.45) is 0 Å². The van der Waals surface area contributed by atoms with Crippen molar-refractivity contribution in [2.45, 2.75) is 45.2 Å². The lowest BCUT2D eigenvalue weighted by atomic mass is 10.00. The first-order chi connectivity index (χ1) is 8.63. The van der Waals surface area contributed by atoms with Crippen molar-refractivity contribution < 1.29 is 0 Å². The zero-order valence-corrected chi connectivity index (χ0v) is 10.8. The molecule has 1 fully saturated rings. The second kappa shape index (κ2) is 5.23. The Labute approximate surface area is 108 Å². The summed E-state index contributed by atoms with van der Waals surface area (Å²) in [4.78, 5) is 4.22. The Balaban J connectivity index is 2.21. The van der Waals surface area contributed by atoms with Crippen LogP contribution in [0.3, 0.4) is 0 Å². The Morgan fingerprint density at radius 2 is 2.11 bits per heavy atom. The van der Waals surface area contributed by atoms with Gasteiger partial charge in [-0.1, -0.05) is 6.42 Å². The molecule has 2 rings (SSSR count). The molecule has 0 saturated carbocycles. The first-order valence-electron chi connectivity index (χ1n) is 6.33. The molecule has 1 aliphatic heterocycles. The average molecular weight is 245 g/mol. The van der Waals surface area contributed by atoms with E-state index in [2.05, 4.69) is 35.3 Å². The number of nitrogens with zero attached hydrogens (tertiary/aromatic N) is 3. The second-order valence-electron chi connectivity index (χ2n) is 4.88. The topological polar surface area (TPSA) is 78.0 Å². The minimum atomic E-state index is 0.421. The highest BCUT2D eigenvalue weighted by molar-refractivity contribution is 5.68. The van der Waals surface area contributed by atoms with E-state index in [9.17, 15) is 0 Å². The number of aromatic nitrogens is 1. The van der Waals surface area contributed by atoms with Gasteiger partial charge in [0.15, 0.2) is 5.82 Å². The second-order valence-corrected chi connectivity index (χ2v) is 4.88. The van der Waals surface area contributed by atoms with E-state index in [0.717, 1.165) is 12.8 Å². The van der Waals surface area contributed by atoms with E-state index in [4.69, 9.17) is 11.0 Å². The van der Waals surface area contributed by atoms with Crippen LogP contribution in [0.5, 0.6) is 0 Å². The smallest absolute Gasteiger partial charge is 0.165 e. The molecule has 5 heteroatoms. The number of piperidine rings is 1. The van der Waals surface area contributed by atoms with E-state index in [1.807, 2.05) is 0 Å². The first-order valence-corrected chi connectivity index (χ1v) is 6.33.